The molecule has 1 heterocycles. The second kappa shape index (κ2) is 9.16. The van der Waals surface area contributed by atoms with Gasteiger partial charge in [0.1, 0.15) is 0 Å². The third-order valence-corrected chi connectivity index (χ3v) is 5.47. The van der Waals surface area contributed by atoms with Crippen LogP contribution in [-0.4, -0.2) is 47.9 Å². The van der Waals surface area contributed by atoms with Gasteiger partial charge in [0.25, 0.3) is 5.91 Å². The van der Waals surface area contributed by atoms with E-state index in [0.717, 1.165) is 31.6 Å². The fourth-order valence-electron chi connectivity index (χ4n) is 3.91. The molecule has 0 aliphatic carbocycles. The van der Waals surface area contributed by atoms with Crippen LogP contribution in [0.1, 0.15) is 47.7 Å². The average Bonchev–Trinajstić information content (AvgIpc) is 3.10. The van der Waals surface area contributed by atoms with E-state index in [4.69, 9.17) is 5.73 Å². The minimum atomic E-state index is -0.0113. The molecule has 0 unspecified atom stereocenters. The van der Waals surface area contributed by atoms with E-state index < -0.39 is 0 Å². The van der Waals surface area contributed by atoms with E-state index in [1.165, 1.54) is 11.1 Å². The van der Waals surface area contributed by atoms with Gasteiger partial charge in [-0.25, -0.2) is 0 Å². The van der Waals surface area contributed by atoms with E-state index in [2.05, 4.69) is 43.0 Å². The molecule has 0 aromatic heterocycles. The second-order valence-corrected chi connectivity index (χ2v) is 7.46. The fourth-order valence-corrected chi connectivity index (χ4v) is 3.91. The molecule has 2 aromatic carbocycles. The normalized spacial score (nSPS) is 19.6. The first-order chi connectivity index (χ1) is 13.1. The maximum atomic E-state index is 12.9. The standard InChI is InChI=1S/C23H31N3O/c1-3-14-25(4-2)15-18-10-12-20(13-11-18)23(27)26-16-21(22(24)17-26)19-8-6-5-7-9-19/h5-13,21-22H,3-4,14-17,24H2,1-2H3/t21-,22+/m0/s1. The summed E-state index contributed by atoms with van der Waals surface area (Å²) in [6.07, 6.45) is 1.15. The van der Waals surface area contributed by atoms with Gasteiger partial charge in [-0.2, -0.15) is 0 Å². The highest BCUT2D eigenvalue weighted by molar-refractivity contribution is 5.94. The van der Waals surface area contributed by atoms with Gasteiger partial charge in [0.15, 0.2) is 0 Å². The summed E-state index contributed by atoms with van der Waals surface area (Å²) < 4.78 is 0. The number of carbonyl (C=O) groups excluding carboxylic acids is 1. The van der Waals surface area contributed by atoms with E-state index >= 15 is 0 Å². The molecule has 144 valence electrons. The molecule has 0 spiro atoms. The van der Waals surface area contributed by atoms with Crippen molar-refractivity contribution >= 4 is 5.91 Å². The number of nitrogens with two attached hydrogens (primary N) is 1. The van der Waals surface area contributed by atoms with Crippen LogP contribution in [0, 0.1) is 0 Å². The molecule has 1 amide bonds. The topological polar surface area (TPSA) is 49.6 Å². The molecule has 1 aliphatic rings. The van der Waals surface area contributed by atoms with Gasteiger partial charge < -0.3 is 10.6 Å². The van der Waals surface area contributed by atoms with Gasteiger partial charge in [-0.05, 0) is 42.8 Å². The highest BCUT2D eigenvalue weighted by Gasteiger charge is 2.34. The summed E-state index contributed by atoms with van der Waals surface area (Å²) in [6, 6.07) is 18.3. The van der Waals surface area contributed by atoms with Gasteiger partial charge in [-0.1, -0.05) is 56.3 Å². The smallest absolute Gasteiger partial charge is 0.253 e. The van der Waals surface area contributed by atoms with Gasteiger partial charge >= 0.3 is 0 Å². The summed E-state index contributed by atoms with van der Waals surface area (Å²) in [6.45, 7) is 8.77. The third-order valence-electron chi connectivity index (χ3n) is 5.47. The summed E-state index contributed by atoms with van der Waals surface area (Å²) in [7, 11) is 0. The SMILES string of the molecule is CCCN(CC)Cc1ccc(C(=O)N2C[C@@H](N)[C@H](c3ccccc3)C2)cc1. The van der Waals surface area contributed by atoms with Crippen LogP contribution in [0.4, 0.5) is 0 Å². The summed E-state index contributed by atoms with van der Waals surface area (Å²) in [4.78, 5) is 17.2. The molecule has 4 heteroatoms. The van der Waals surface area contributed by atoms with Crippen LogP contribution in [0.5, 0.6) is 0 Å². The van der Waals surface area contributed by atoms with Crippen molar-refractivity contribution < 1.29 is 4.79 Å². The Morgan fingerprint density at radius 1 is 1.07 bits per heavy atom. The lowest BCUT2D eigenvalue weighted by atomic mass is 9.95. The molecular weight excluding hydrogens is 334 g/mol. The number of benzene rings is 2. The summed E-state index contributed by atoms with van der Waals surface area (Å²) in [5.41, 5.74) is 9.56. The summed E-state index contributed by atoms with van der Waals surface area (Å²) >= 11 is 0. The number of nitrogens with zero attached hydrogens (tertiary/aromatic N) is 2. The van der Waals surface area contributed by atoms with Crippen LogP contribution in [0.2, 0.25) is 0 Å². The van der Waals surface area contributed by atoms with Crippen LogP contribution in [0.25, 0.3) is 0 Å². The Bertz CT molecular complexity index is 729. The lowest BCUT2D eigenvalue weighted by Crippen LogP contribution is -2.32. The fraction of sp³-hybridized carbons (Fsp3) is 0.435. The first-order valence-corrected chi connectivity index (χ1v) is 10.0. The number of amides is 1. The van der Waals surface area contributed by atoms with Crippen LogP contribution in [0.15, 0.2) is 54.6 Å². The van der Waals surface area contributed by atoms with E-state index in [1.807, 2.05) is 35.2 Å². The molecule has 27 heavy (non-hydrogen) atoms. The van der Waals surface area contributed by atoms with Gasteiger partial charge in [0.05, 0.1) is 0 Å². The predicted octanol–water partition coefficient (Wildman–Crippen LogP) is 3.49. The Morgan fingerprint density at radius 2 is 1.78 bits per heavy atom. The van der Waals surface area contributed by atoms with Crippen molar-refractivity contribution in [3.63, 3.8) is 0 Å². The van der Waals surface area contributed by atoms with Crippen LogP contribution < -0.4 is 5.73 Å². The summed E-state index contributed by atoms with van der Waals surface area (Å²) in [5, 5.41) is 0. The van der Waals surface area contributed by atoms with Gasteiger partial charge in [0, 0.05) is 37.2 Å². The maximum absolute atomic E-state index is 12.9. The third kappa shape index (κ3) is 4.76. The molecule has 3 rings (SSSR count). The number of likely N-dealkylation sites (tertiary alicyclic amines) is 1. The van der Waals surface area contributed by atoms with Crippen LogP contribution in [0.3, 0.4) is 0 Å². The zero-order valence-electron chi connectivity index (χ0n) is 16.5. The maximum Gasteiger partial charge on any atom is 0.253 e. The quantitative estimate of drug-likeness (QED) is 0.817. The predicted molar refractivity (Wildman–Crippen MR) is 111 cm³/mol. The lowest BCUT2D eigenvalue weighted by Gasteiger charge is -2.20. The Morgan fingerprint density at radius 3 is 2.41 bits per heavy atom. The van der Waals surface area contributed by atoms with E-state index in [9.17, 15) is 4.79 Å². The molecule has 0 radical (unpaired) electrons. The lowest BCUT2D eigenvalue weighted by molar-refractivity contribution is 0.0789. The Kier molecular flexibility index (Phi) is 6.64. The van der Waals surface area contributed by atoms with Crippen molar-refractivity contribution in [2.24, 2.45) is 5.73 Å². The number of hydrogen-bond acceptors (Lipinski definition) is 3. The Hall–Kier alpha value is -2.17. The van der Waals surface area contributed by atoms with Crippen molar-refractivity contribution in [1.29, 1.82) is 0 Å². The zero-order valence-corrected chi connectivity index (χ0v) is 16.5. The number of rotatable bonds is 7. The van der Waals surface area contributed by atoms with Gasteiger partial charge in [-0.15, -0.1) is 0 Å². The Labute approximate surface area is 163 Å². The summed E-state index contributed by atoms with van der Waals surface area (Å²) in [5.74, 6) is 0.290. The van der Waals surface area contributed by atoms with Gasteiger partial charge in [0.2, 0.25) is 0 Å². The van der Waals surface area contributed by atoms with Crippen molar-refractivity contribution in [2.45, 2.75) is 38.8 Å². The molecular formula is C23H31N3O. The van der Waals surface area contributed by atoms with Crippen molar-refractivity contribution in [2.75, 3.05) is 26.2 Å². The molecule has 1 saturated heterocycles. The monoisotopic (exact) mass is 365 g/mol. The second-order valence-electron chi connectivity index (χ2n) is 7.46. The van der Waals surface area contributed by atoms with Crippen LogP contribution in [-0.2, 0) is 6.54 Å². The molecule has 2 atom stereocenters. The van der Waals surface area contributed by atoms with E-state index in [-0.39, 0.29) is 17.9 Å². The largest absolute Gasteiger partial charge is 0.336 e. The highest BCUT2D eigenvalue weighted by atomic mass is 16.2. The van der Waals surface area contributed by atoms with E-state index in [1.54, 1.807) is 0 Å². The molecule has 1 aliphatic heterocycles. The minimum Gasteiger partial charge on any atom is -0.336 e. The number of carbonyl (C=O) groups is 1. The van der Waals surface area contributed by atoms with Crippen molar-refractivity contribution in [1.82, 2.24) is 9.80 Å². The van der Waals surface area contributed by atoms with Crippen molar-refractivity contribution in [3.8, 4) is 0 Å². The molecule has 1 fully saturated rings. The average molecular weight is 366 g/mol. The first kappa shape index (κ1) is 19.6. The highest BCUT2D eigenvalue weighted by Crippen LogP contribution is 2.27. The number of hydrogen-bond donors (Lipinski definition) is 1. The van der Waals surface area contributed by atoms with Crippen molar-refractivity contribution in [3.05, 3.63) is 71.3 Å². The molecule has 4 nitrogen and oxygen atoms in total. The molecule has 2 aromatic rings. The zero-order chi connectivity index (χ0) is 19.2. The van der Waals surface area contributed by atoms with Crippen LogP contribution >= 0.6 is 0 Å². The molecule has 2 N–H and O–H groups in total. The molecule has 0 bridgehead atoms. The minimum absolute atomic E-state index is 0.0113. The molecule has 0 saturated carbocycles. The first-order valence-electron chi connectivity index (χ1n) is 10.0. The van der Waals surface area contributed by atoms with Gasteiger partial charge in [-0.3, -0.25) is 9.69 Å². The Balaban J connectivity index is 1.64. The van der Waals surface area contributed by atoms with E-state index in [0.29, 0.717) is 13.1 Å².